The van der Waals surface area contributed by atoms with Crippen LogP contribution in [-0.2, 0) is 26.0 Å². The molecule has 0 amide bonds. The van der Waals surface area contributed by atoms with Gasteiger partial charge in [0.15, 0.2) is 6.29 Å². The summed E-state index contributed by atoms with van der Waals surface area (Å²) in [6.07, 6.45) is 0.324. The van der Waals surface area contributed by atoms with Gasteiger partial charge >= 0.3 is 5.97 Å². The Morgan fingerprint density at radius 2 is 1.80 bits per heavy atom. The van der Waals surface area contributed by atoms with Gasteiger partial charge in [-0.15, -0.1) is 0 Å². The van der Waals surface area contributed by atoms with Gasteiger partial charge in [-0.05, 0) is 56.7 Å². The lowest BCUT2D eigenvalue weighted by Crippen LogP contribution is -2.40. The van der Waals surface area contributed by atoms with E-state index < -0.39 is 21.5 Å². The number of phenolic OH excluding ortho intramolecular Hbond substituents is 1. The van der Waals surface area contributed by atoms with Gasteiger partial charge in [0.2, 0.25) is 10.0 Å². The van der Waals surface area contributed by atoms with Crippen molar-refractivity contribution in [1.29, 1.82) is 0 Å². The first-order valence-corrected chi connectivity index (χ1v) is 10.5. The summed E-state index contributed by atoms with van der Waals surface area (Å²) >= 11 is 0. The predicted molar refractivity (Wildman–Crippen MR) is 111 cm³/mol. The van der Waals surface area contributed by atoms with Gasteiger partial charge in [0.1, 0.15) is 11.5 Å². The van der Waals surface area contributed by atoms with E-state index in [1.165, 1.54) is 44.6 Å². The molecule has 2 aromatic rings. The highest BCUT2D eigenvalue weighted by atomic mass is 32.2. The number of carbonyl (C=O) groups excluding carboxylic acids is 2. The second-order valence-electron chi connectivity index (χ2n) is 7.67. The zero-order chi connectivity index (χ0) is 22.7. The molecule has 0 aromatic heterocycles. The van der Waals surface area contributed by atoms with Crippen LogP contribution in [-0.4, -0.2) is 45.5 Å². The van der Waals surface area contributed by atoms with Gasteiger partial charge in [-0.2, -0.15) is 0 Å². The third-order valence-electron chi connectivity index (χ3n) is 4.11. The first-order chi connectivity index (χ1) is 13.9. The monoisotopic (exact) mass is 435 g/mol. The third-order valence-corrected chi connectivity index (χ3v) is 5.87. The molecule has 0 spiro atoms. The molecule has 0 unspecified atom stereocenters. The second kappa shape index (κ2) is 8.85. The van der Waals surface area contributed by atoms with E-state index in [1.807, 2.05) is 0 Å². The molecule has 0 aliphatic heterocycles. The number of rotatable bonds is 7. The minimum Gasteiger partial charge on any atom is -0.507 e. The van der Waals surface area contributed by atoms with Crippen molar-refractivity contribution in [2.75, 3.05) is 14.2 Å². The molecule has 8 nitrogen and oxygen atoms in total. The highest BCUT2D eigenvalue weighted by Crippen LogP contribution is 2.39. The summed E-state index contributed by atoms with van der Waals surface area (Å²) in [4.78, 5) is 23.1. The second-order valence-corrected chi connectivity index (χ2v) is 9.35. The summed E-state index contributed by atoms with van der Waals surface area (Å²) < 4.78 is 38.1. The Morgan fingerprint density at radius 3 is 2.33 bits per heavy atom. The number of carbonyl (C=O) groups is 2. The van der Waals surface area contributed by atoms with Gasteiger partial charge in [-0.3, -0.25) is 9.59 Å². The summed E-state index contributed by atoms with van der Waals surface area (Å²) in [6, 6.07) is 7.05. The summed E-state index contributed by atoms with van der Waals surface area (Å²) in [5, 5.41) is 10.6. The van der Waals surface area contributed by atoms with Gasteiger partial charge in [-0.25, -0.2) is 13.1 Å². The predicted octanol–water partition coefficient (Wildman–Crippen LogP) is 2.67. The molecule has 0 aliphatic carbocycles. The quantitative estimate of drug-likeness (QED) is 0.507. The number of esters is 1. The molecule has 0 bridgehead atoms. The molecular formula is C21H25NO7S. The van der Waals surface area contributed by atoms with Gasteiger partial charge in [-0.1, -0.05) is 0 Å². The number of phenols is 1. The van der Waals surface area contributed by atoms with Crippen LogP contribution in [0.4, 0.5) is 0 Å². The lowest BCUT2D eigenvalue weighted by molar-refractivity contribution is -0.139. The van der Waals surface area contributed by atoms with E-state index >= 15 is 0 Å². The van der Waals surface area contributed by atoms with Crippen LogP contribution in [0.15, 0.2) is 35.2 Å². The molecule has 2 aromatic carbocycles. The molecule has 0 saturated heterocycles. The average Bonchev–Trinajstić information content (AvgIpc) is 2.66. The first-order valence-electron chi connectivity index (χ1n) is 9.02. The van der Waals surface area contributed by atoms with Gasteiger partial charge in [0.05, 0.1) is 31.1 Å². The van der Waals surface area contributed by atoms with Crippen molar-refractivity contribution in [2.24, 2.45) is 0 Å². The molecule has 162 valence electrons. The zero-order valence-corrected chi connectivity index (χ0v) is 18.3. The van der Waals surface area contributed by atoms with Crippen LogP contribution in [0.3, 0.4) is 0 Å². The van der Waals surface area contributed by atoms with E-state index in [-0.39, 0.29) is 39.5 Å². The summed E-state index contributed by atoms with van der Waals surface area (Å²) in [5.74, 6) is -0.594. The largest absolute Gasteiger partial charge is 0.507 e. The van der Waals surface area contributed by atoms with E-state index in [1.54, 1.807) is 20.8 Å². The van der Waals surface area contributed by atoms with Crippen LogP contribution in [0.5, 0.6) is 11.5 Å². The maximum absolute atomic E-state index is 12.8. The zero-order valence-electron chi connectivity index (χ0n) is 17.5. The Kier molecular flexibility index (Phi) is 6.89. The fourth-order valence-electron chi connectivity index (χ4n) is 2.88. The SMILES string of the molecule is COC(=O)Cc1cc(C=O)c(O)c(-c2cc(S(=O)(=O)NC(C)(C)C)ccc2OC)c1. The Morgan fingerprint density at radius 1 is 1.13 bits per heavy atom. The van der Waals surface area contributed by atoms with Crippen LogP contribution < -0.4 is 9.46 Å². The highest BCUT2D eigenvalue weighted by Gasteiger charge is 2.24. The van der Waals surface area contributed by atoms with Crippen molar-refractivity contribution in [3.8, 4) is 22.6 Å². The topological polar surface area (TPSA) is 119 Å². The van der Waals surface area contributed by atoms with Gasteiger partial charge in [0, 0.05) is 16.7 Å². The fourth-order valence-corrected chi connectivity index (χ4v) is 4.33. The number of benzene rings is 2. The van der Waals surface area contributed by atoms with Crippen molar-refractivity contribution in [1.82, 2.24) is 4.72 Å². The normalized spacial score (nSPS) is 11.8. The van der Waals surface area contributed by atoms with Crippen LogP contribution >= 0.6 is 0 Å². The molecule has 0 heterocycles. The van der Waals surface area contributed by atoms with Gasteiger partial charge in [0.25, 0.3) is 0 Å². The minimum atomic E-state index is -3.87. The molecule has 0 saturated carbocycles. The molecule has 0 fully saturated rings. The summed E-state index contributed by atoms with van der Waals surface area (Å²) in [5.41, 5.74) is 0.0748. The molecule has 0 atom stereocenters. The Labute approximate surface area is 175 Å². The Balaban J connectivity index is 2.72. The maximum Gasteiger partial charge on any atom is 0.309 e. The molecule has 30 heavy (non-hydrogen) atoms. The number of nitrogens with one attached hydrogen (secondary N) is 1. The number of methoxy groups -OCH3 is 2. The summed E-state index contributed by atoms with van der Waals surface area (Å²) in [7, 11) is -1.23. The number of hydrogen-bond donors (Lipinski definition) is 2. The van der Waals surface area contributed by atoms with Crippen LogP contribution in [0.1, 0.15) is 36.7 Å². The smallest absolute Gasteiger partial charge is 0.309 e. The number of sulfonamides is 1. The highest BCUT2D eigenvalue weighted by molar-refractivity contribution is 7.89. The van der Waals surface area contributed by atoms with Crippen LogP contribution in [0.2, 0.25) is 0 Å². The van der Waals surface area contributed by atoms with Crippen molar-refractivity contribution >= 4 is 22.3 Å². The standard InChI is InChI=1S/C21H25NO7S/c1-21(2,3)22-30(26,27)15-6-7-18(28-4)16(11-15)17-9-13(10-19(24)29-5)8-14(12-23)20(17)25/h6-9,11-12,22,25H,10H2,1-5H3. The minimum absolute atomic E-state index is 0.0429. The van der Waals surface area contributed by atoms with Gasteiger partial charge < -0.3 is 14.6 Å². The molecule has 2 rings (SSSR count). The molecular weight excluding hydrogens is 410 g/mol. The molecule has 2 N–H and O–H groups in total. The van der Waals surface area contributed by atoms with E-state index in [4.69, 9.17) is 4.74 Å². The summed E-state index contributed by atoms with van der Waals surface area (Å²) in [6.45, 7) is 5.15. The molecule has 9 heteroatoms. The van der Waals surface area contributed by atoms with Crippen LogP contribution in [0.25, 0.3) is 11.1 Å². The van der Waals surface area contributed by atoms with Crippen molar-refractivity contribution in [3.63, 3.8) is 0 Å². The van der Waals surface area contributed by atoms with Crippen molar-refractivity contribution in [2.45, 2.75) is 37.6 Å². The number of hydrogen-bond acceptors (Lipinski definition) is 7. The third kappa shape index (κ3) is 5.37. The maximum atomic E-state index is 12.8. The van der Waals surface area contributed by atoms with E-state index in [0.717, 1.165) is 0 Å². The fraction of sp³-hybridized carbons (Fsp3) is 0.333. The molecule has 0 aliphatic rings. The van der Waals surface area contributed by atoms with E-state index in [9.17, 15) is 23.1 Å². The lowest BCUT2D eigenvalue weighted by Gasteiger charge is -2.21. The first kappa shape index (κ1) is 23.4. The van der Waals surface area contributed by atoms with E-state index in [2.05, 4.69) is 9.46 Å². The van der Waals surface area contributed by atoms with E-state index in [0.29, 0.717) is 11.8 Å². The average molecular weight is 435 g/mol. The van der Waals surface area contributed by atoms with Crippen molar-refractivity contribution < 1.29 is 32.6 Å². The van der Waals surface area contributed by atoms with Crippen LogP contribution in [0, 0.1) is 0 Å². The number of aldehydes is 1. The number of aromatic hydroxyl groups is 1. The Hall–Kier alpha value is -2.91. The lowest BCUT2D eigenvalue weighted by atomic mass is 9.96. The van der Waals surface area contributed by atoms with Crippen molar-refractivity contribution in [3.05, 3.63) is 41.5 Å². The number of ether oxygens (including phenoxy) is 2. The Bertz CT molecular complexity index is 1070. The molecule has 0 radical (unpaired) electrons.